The number of hydrogen-bond donors (Lipinski definition) is 1. The lowest BCUT2D eigenvalue weighted by Gasteiger charge is -2.19. The van der Waals surface area contributed by atoms with Crippen LogP contribution in [0.2, 0.25) is 0 Å². The van der Waals surface area contributed by atoms with Crippen LogP contribution in [0.5, 0.6) is 0 Å². The zero-order chi connectivity index (χ0) is 13.8. The molecule has 1 fully saturated rings. The fraction of sp³-hybridized carbons (Fsp3) is 0.615. The molecule has 7 heteroatoms. The van der Waals surface area contributed by atoms with Crippen LogP contribution in [-0.2, 0) is 11.3 Å². The Morgan fingerprint density at radius 1 is 1.55 bits per heavy atom. The van der Waals surface area contributed by atoms with Gasteiger partial charge in [-0.2, -0.15) is 4.80 Å². The third-order valence-electron chi connectivity index (χ3n) is 3.50. The van der Waals surface area contributed by atoms with Gasteiger partial charge in [0.2, 0.25) is 5.82 Å². The molecule has 7 nitrogen and oxygen atoms in total. The van der Waals surface area contributed by atoms with E-state index in [1.807, 2.05) is 6.07 Å². The van der Waals surface area contributed by atoms with Crippen LogP contribution in [0.15, 0.2) is 22.8 Å². The summed E-state index contributed by atoms with van der Waals surface area (Å²) >= 11 is 0. The fourth-order valence-corrected chi connectivity index (χ4v) is 2.36. The Balaban J connectivity index is 1.46. The second kappa shape index (κ2) is 6.15. The van der Waals surface area contributed by atoms with Gasteiger partial charge in [0.1, 0.15) is 0 Å². The minimum atomic E-state index is 0.331. The van der Waals surface area contributed by atoms with Gasteiger partial charge in [0.05, 0.1) is 18.9 Å². The van der Waals surface area contributed by atoms with Crippen LogP contribution in [0.4, 0.5) is 0 Å². The molecule has 0 amide bonds. The topological polar surface area (TPSA) is 78.0 Å². The summed E-state index contributed by atoms with van der Waals surface area (Å²) < 4.78 is 10.9. The molecule has 1 aliphatic rings. The van der Waals surface area contributed by atoms with E-state index < -0.39 is 0 Å². The Labute approximate surface area is 117 Å². The average molecular weight is 277 g/mol. The molecule has 3 rings (SSSR count). The molecular formula is C13H19N5O2. The van der Waals surface area contributed by atoms with E-state index in [-0.39, 0.29) is 0 Å². The molecule has 0 bridgehead atoms. The molecule has 0 saturated carbocycles. The van der Waals surface area contributed by atoms with Gasteiger partial charge in [-0.05, 0) is 37.1 Å². The van der Waals surface area contributed by atoms with E-state index in [0.29, 0.717) is 30.3 Å². The number of hydrogen-bond acceptors (Lipinski definition) is 6. The van der Waals surface area contributed by atoms with Gasteiger partial charge in [-0.3, -0.25) is 0 Å². The average Bonchev–Trinajstić information content (AvgIpc) is 3.20. The highest BCUT2D eigenvalue weighted by Crippen LogP contribution is 2.15. The Kier molecular flexibility index (Phi) is 4.08. The molecular weight excluding hydrogens is 258 g/mol. The zero-order valence-electron chi connectivity index (χ0n) is 11.5. The highest BCUT2D eigenvalue weighted by atomic mass is 16.5. The smallest absolute Gasteiger partial charge is 0.240 e. The quantitative estimate of drug-likeness (QED) is 0.851. The van der Waals surface area contributed by atoms with E-state index in [2.05, 4.69) is 27.7 Å². The number of aromatic nitrogens is 4. The molecule has 0 aliphatic carbocycles. The van der Waals surface area contributed by atoms with Crippen molar-refractivity contribution in [3.8, 4) is 11.6 Å². The van der Waals surface area contributed by atoms with Crippen LogP contribution in [0.1, 0.15) is 19.8 Å². The second-order valence-electron chi connectivity index (χ2n) is 4.98. The summed E-state index contributed by atoms with van der Waals surface area (Å²) in [6, 6.07) is 3.98. The highest BCUT2D eigenvalue weighted by Gasteiger charge is 2.21. The van der Waals surface area contributed by atoms with Crippen molar-refractivity contribution in [2.75, 3.05) is 13.2 Å². The molecule has 0 spiro atoms. The van der Waals surface area contributed by atoms with E-state index in [1.54, 1.807) is 17.1 Å². The lowest BCUT2D eigenvalue weighted by Crippen LogP contribution is -2.38. The van der Waals surface area contributed by atoms with Crippen LogP contribution in [-0.4, -0.2) is 45.5 Å². The largest absolute Gasteiger partial charge is 0.461 e. The predicted molar refractivity (Wildman–Crippen MR) is 72.0 cm³/mol. The van der Waals surface area contributed by atoms with Crippen LogP contribution in [0.3, 0.4) is 0 Å². The summed E-state index contributed by atoms with van der Waals surface area (Å²) in [6.07, 6.45) is 4.23. The van der Waals surface area contributed by atoms with E-state index >= 15 is 0 Å². The normalized spacial score (nSPS) is 20.4. The van der Waals surface area contributed by atoms with E-state index in [1.165, 1.54) is 0 Å². The molecule has 1 aliphatic heterocycles. The second-order valence-corrected chi connectivity index (χ2v) is 4.98. The van der Waals surface area contributed by atoms with Crippen LogP contribution >= 0.6 is 0 Å². The minimum absolute atomic E-state index is 0.331. The minimum Gasteiger partial charge on any atom is -0.461 e. The van der Waals surface area contributed by atoms with E-state index in [9.17, 15) is 0 Å². The van der Waals surface area contributed by atoms with Crippen molar-refractivity contribution in [3.63, 3.8) is 0 Å². The van der Waals surface area contributed by atoms with Crippen molar-refractivity contribution < 1.29 is 9.15 Å². The number of nitrogens with one attached hydrogen (secondary N) is 1. The standard InChI is InChI=1S/C13H19N5O2/c1-10(11-4-2-8-19-11)14-6-7-18-16-13(15-17-18)12-5-3-9-20-12/h3,5,9-11,14H,2,4,6-8H2,1H3. The molecule has 0 aromatic carbocycles. The van der Waals surface area contributed by atoms with Crippen LogP contribution in [0.25, 0.3) is 11.6 Å². The SMILES string of the molecule is CC(NCCn1nnc(-c2ccco2)n1)C1CCCO1. The number of furan rings is 1. The van der Waals surface area contributed by atoms with Crippen LogP contribution in [0, 0.1) is 0 Å². The van der Waals surface area contributed by atoms with Crippen molar-refractivity contribution in [3.05, 3.63) is 18.4 Å². The van der Waals surface area contributed by atoms with Gasteiger partial charge in [0.15, 0.2) is 5.76 Å². The first-order valence-corrected chi connectivity index (χ1v) is 6.99. The van der Waals surface area contributed by atoms with Gasteiger partial charge in [-0.25, -0.2) is 0 Å². The molecule has 108 valence electrons. The molecule has 2 aromatic rings. The Morgan fingerprint density at radius 3 is 3.25 bits per heavy atom. The van der Waals surface area contributed by atoms with E-state index in [4.69, 9.17) is 9.15 Å². The first-order chi connectivity index (χ1) is 9.83. The molecule has 3 heterocycles. The number of ether oxygens (including phenoxy) is 1. The first kappa shape index (κ1) is 13.3. The molecule has 2 atom stereocenters. The van der Waals surface area contributed by atoms with Gasteiger partial charge in [-0.1, -0.05) is 0 Å². The van der Waals surface area contributed by atoms with Gasteiger partial charge in [0, 0.05) is 19.2 Å². The van der Waals surface area contributed by atoms with Crippen molar-refractivity contribution in [2.24, 2.45) is 0 Å². The van der Waals surface area contributed by atoms with Crippen LogP contribution < -0.4 is 5.32 Å². The van der Waals surface area contributed by atoms with Gasteiger partial charge in [-0.15, -0.1) is 10.2 Å². The zero-order valence-corrected chi connectivity index (χ0v) is 11.5. The Bertz CT molecular complexity index is 519. The van der Waals surface area contributed by atoms with Crippen molar-refractivity contribution in [1.82, 2.24) is 25.5 Å². The van der Waals surface area contributed by atoms with Gasteiger partial charge < -0.3 is 14.5 Å². The van der Waals surface area contributed by atoms with Crippen molar-refractivity contribution in [1.29, 1.82) is 0 Å². The van der Waals surface area contributed by atoms with Gasteiger partial charge >= 0.3 is 0 Å². The number of nitrogens with zero attached hydrogens (tertiary/aromatic N) is 4. The maximum absolute atomic E-state index is 5.65. The third kappa shape index (κ3) is 3.05. The maximum atomic E-state index is 5.65. The maximum Gasteiger partial charge on any atom is 0.240 e. The lowest BCUT2D eigenvalue weighted by atomic mass is 10.1. The summed E-state index contributed by atoms with van der Waals surface area (Å²) in [6.45, 7) is 4.49. The molecule has 0 radical (unpaired) electrons. The summed E-state index contributed by atoms with van der Waals surface area (Å²) in [5, 5.41) is 15.7. The van der Waals surface area contributed by atoms with Gasteiger partial charge in [0.25, 0.3) is 0 Å². The summed E-state index contributed by atoms with van der Waals surface area (Å²) in [5.74, 6) is 1.15. The Morgan fingerprint density at radius 2 is 2.50 bits per heavy atom. The summed E-state index contributed by atoms with van der Waals surface area (Å²) in [4.78, 5) is 1.58. The monoisotopic (exact) mass is 277 g/mol. The summed E-state index contributed by atoms with van der Waals surface area (Å²) in [7, 11) is 0. The molecule has 2 aromatic heterocycles. The summed E-state index contributed by atoms with van der Waals surface area (Å²) in [5.41, 5.74) is 0. The number of rotatable bonds is 6. The Hall–Kier alpha value is -1.73. The lowest BCUT2D eigenvalue weighted by molar-refractivity contribution is 0.0833. The molecule has 1 saturated heterocycles. The molecule has 20 heavy (non-hydrogen) atoms. The molecule has 2 unspecified atom stereocenters. The third-order valence-corrected chi connectivity index (χ3v) is 3.50. The van der Waals surface area contributed by atoms with Crippen molar-refractivity contribution in [2.45, 2.75) is 38.5 Å². The predicted octanol–water partition coefficient (Wildman–Crippen LogP) is 1.09. The highest BCUT2D eigenvalue weighted by molar-refractivity contribution is 5.43. The first-order valence-electron chi connectivity index (χ1n) is 6.99. The molecule has 1 N–H and O–H groups in total. The van der Waals surface area contributed by atoms with E-state index in [0.717, 1.165) is 26.0 Å². The fourth-order valence-electron chi connectivity index (χ4n) is 2.36. The van der Waals surface area contributed by atoms with Crippen molar-refractivity contribution >= 4 is 0 Å². The number of tetrazole rings is 1.